The fourth-order valence-electron chi connectivity index (χ4n) is 3.96. The number of para-hydroxylation sites is 2. The van der Waals surface area contributed by atoms with Gasteiger partial charge >= 0.3 is 5.97 Å². The molecule has 1 atom stereocenters. The maximum atomic E-state index is 12.1. The fraction of sp³-hybridized carbons (Fsp3) is 0.107. The maximum Gasteiger partial charge on any atom is 0.311 e. The van der Waals surface area contributed by atoms with Crippen molar-refractivity contribution in [3.05, 3.63) is 120 Å². The Bertz CT molecular complexity index is 1210. The van der Waals surface area contributed by atoms with Crippen molar-refractivity contribution >= 4 is 16.7 Å². The van der Waals surface area contributed by atoms with Crippen LogP contribution in [0.2, 0.25) is 0 Å². The van der Waals surface area contributed by atoms with Crippen molar-refractivity contribution < 1.29 is 14.6 Å². The van der Waals surface area contributed by atoms with Crippen molar-refractivity contribution in [2.24, 2.45) is 0 Å². The number of carboxylic acid groups (broad SMARTS) is 1. The van der Waals surface area contributed by atoms with Crippen LogP contribution in [0.15, 0.2) is 104 Å². The molecule has 3 heteroatoms. The summed E-state index contributed by atoms with van der Waals surface area (Å²) in [6.07, 6.45) is 2.62. The molecule has 3 nitrogen and oxygen atoms in total. The first-order valence-corrected chi connectivity index (χ1v) is 10.3. The van der Waals surface area contributed by atoms with Crippen LogP contribution in [0.5, 0.6) is 11.5 Å². The Hall–Kier alpha value is -3.85. The van der Waals surface area contributed by atoms with E-state index in [1.807, 2.05) is 78.9 Å². The Kier molecular flexibility index (Phi) is 6.13. The van der Waals surface area contributed by atoms with Crippen molar-refractivity contribution in [1.82, 2.24) is 0 Å². The lowest BCUT2D eigenvalue weighted by Crippen LogP contribution is -2.13. The molecular formula is C28H24O3. The second kappa shape index (κ2) is 9.31. The molecule has 0 spiro atoms. The number of hydrogen-bond acceptors (Lipinski definition) is 2. The van der Waals surface area contributed by atoms with E-state index in [2.05, 4.69) is 18.7 Å². The van der Waals surface area contributed by atoms with Crippen LogP contribution in [0.1, 0.15) is 29.0 Å². The van der Waals surface area contributed by atoms with Crippen molar-refractivity contribution in [3.8, 4) is 11.5 Å². The maximum absolute atomic E-state index is 12.1. The molecule has 0 aliphatic rings. The summed E-state index contributed by atoms with van der Waals surface area (Å²) >= 11 is 0. The Labute approximate surface area is 182 Å². The van der Waals surface area contributed by atoms with Gasteiger partial charge < -0.3 is 9.84 Å². The van der Waals surface area contributed by atoms with E-state index in [1.54, 1.807) is 6.08 Å². The summed E-state index contributed by atoms with van der Waals surface area (Å²) in [6.45, 7) is 3.76. The van der Waals surface area contributed by atoms with Crippen LogP contribution >= 0.6 is 0 Å². The number of benzene rings is 4. The molecule has 0 saturated carbocycles. The molecule has 0 bridgehead atoms. The van der Waals surface area contributed by atoms with Gasteiger partial charge in [0.2, 0.25) is 0 Å². The Morgan fingerprint density at radius 3 is 2.39 bits per heavy atom. The standard InChI is InChI=1S/C28H24O3/c1-2-10-25(28(29)30)24-18-17-20-11-6-8-15-23(20)26(24)19-21-12-7-9-16-27(21)31-22-13-4-3-5-14-22/h2-9,11-18,25H,1,10,19H2,(H,29,30). The second-order valence-corrected chi connectivity index (χ2v) is 7.47. The average Bonchev–Trinajstić information content (AvgIpc) is 2.80. The Balaban J connectivity index is 1.82. The molecule has 1 N–H and O–H groups in total. The predicted molar refractivity (Wildman–Crippen MR) is 125 cm³/mol. The molecule has 1 unspecified atom stereocenters. The number of carbonyl (C=O) groups is 1. The first-order chi connectivity index (χ1) is 15.2. The number of fused-ring (bicyclic) bond motifs is 1. The van der Waals surface area contributed by atoms with E-state index in [1.165, 1.54) is 0 Å². The molecule has 4 aromatic rings. The smallest absolute Gasteiger partial charge is 0.311 e. The average molecular weight is 408 g/mol. The summed E-state index contributed by atoms with van der Waals surface area (Å²) < 4.78 is 6.16. The molecule has 31 heavy (non-hydrogen) atoms. The number of hydrogen-bond donors (Lipinski definition) is 1. The fourth-order valence-corrected chi connectivity index (χ4v) is 3.96. The van der Waals surface area contributed by atoms with Crippen LogP contribution in [0.4, 0.5) is 0 Å². The summed E-state index contributed by atoms with van der Waals surface area (Å²) in [5.41, 5.74) is 2.84. The molecule has 0 radical (unpaired) electrons. The number of carboxylic acids is 1. The van der Waals surface area contributed by atoms with Crippen molar-refractivity contribution in [1.29, 1.82) is 0 Å². The van der Waals surface area contributed by atoms with E-state index in [-0.39, 0.29) is 0 Å². The lowest BCUT2D eigenvalue weighted by atomic mass is 9.85. The first-order valence-electron chi connectivity index (χ1n) is 10.3. The van der Waals surface area contributed by atoms with E-state index in [0.717, 1.165) is 39.0 Å². The van der Waals surface area contributed by atoms with Crippen LogP contribution in [-0.4, -0.2) is 11.1 Å². The van der Waals surface area contributed by atoms with Gasteiger partial charge in [0.1, 0.15) is 11.5 Å². The minimum atomic E-state index is -0.842. The summed E-state index contributed by atoms with van der Waals surface area (Å²) in [4.78, 5) is 12.1. The van der Waals surface area contributed by atoms with Crippen LogP contribution < -0.4 is 4.74 Å². The molecular weight excluding hydrogens is 384 g/mol. The predicted octanol–water partition coefficient (Wildman–Crippen LogP) is 6.97. The zero-order valence-electron chi connectivity index (χ0n) is 17.2. The molecule has 0 aromatic heterocycles. The van der Waals surface area contributed by atoms with E-state index < -0.39 is 11.9 Å². The minimum absolute atomic E-state index is 0.378. The van der Waals surface area contributed by atoms with E-state index in [0.29, 0.717) is 12.8 Å². The minimum Gasteiger partial charge on any atom is -0.481 e. The molecule has 0 saturated heterocycles. The van der Waals surface area contributed by atoms with Crippen molar-refractivity contribution in [3.63, 3.8) is 0 Å². The van der Waals surface area contributed by atoms with Gasteiger partial charge in [-0.25, -0.2) is 0 Å². The highest BCUT2D eigenvalue weighted by molar-refractivity contribution is 5.89. The zero-order chi connectivity index (χ0) is 21.6. The van der Waals surface area contributed by atoms with Gasteiger partial charge in [-0.3, -0.25) is 4.79 Å². The molecule has 0 fully saturated rings. The number of aliphatic carboxylic acids is 1. The van der Waals surface area contributed by atoms with Gasteiger partial charge in [0.25, 0.3) is 0 Å². The molecule has 4 aromatic carbocycles. The zero-order valence-corrected chi connectivity index (χ0v) is 17.2. The van der Waals surface area contributed by atoms with Gasteiger partial charge in [-0.05, 0) is 52.1 Å². The van der Waals surface area contributed by atoms with Gasteiger partial charge in [0, 0.05) is 6.42 Å². The molecule has 0 heterocycles. The summed E-state index contributed by atoms with van der Waals surface area (Å²) in [5, 5.41) is 12.0. The SMILES string of the molecule is C=CCC(C(=O)O)c1ccc2ccccc2c1Cc1ccccc1Oc1ccccc1. The van der Waals surface area contributed by atoms with Crippen LogP contribution in [0.3, 0.4) is 0 Å². The normalized spacial score (nSPS) is 11.7. The number of allylic oxidation sites excluding steroid dienone is 1. The van der Waals surface area contributed by atoms with Crippen LogP contribution in [0.25, 0.3) is 10.8 Å². The highest BCUT2D eigenvalue weighted by atomic mass is 16.5. The molecule has 0 aliphatic carbocycles. The quantitative estimate of drug-likeness (QED) is 0.320. The number of ether oxygens (including phenoxy) is 1. The Morgan fingerprint density at radius 2 is 1.61 bits per heavy atom. The lowest BCUT2D eigenvalue weighted by molar-refractivity contribution is -0.138. The molecule has 4 rings (SSSR count). The first kappa shape index (κ1) is 20.4. The Morgan fingerprint density at radius 1 is 0.903 bits per heavy atom. The van der Waals surface area contributed by atoms with E-state index in [9.17, 15) is 9.90 Å². The van der Waals surface area contributed by atoms with E-state index >= 15 is 0 Å². The van der Waals surface area contributed by atoms with Gasteiger partial charge in [-0.1, -0.05) is 78.9 Å². The summed E-state index contributed by atoms with van der Waals surface area (Å²) in [7, 11) is 0. The van der Waals surface area contributed by atoms with Crippen LogP contribution in [0, 0.1) is 0 Å². The summed E-state index contributed by atoms with van der Waals surface area (Å²) in [5.74, 6) is 0.0518. The van der Waals surface area contributed by atoms with Gasteiger partial charge in [-0.15, -0.1) is 6.58 Å². The third kappa shape index (κ3) is 4.51. The second-order valence-electron chi connectivity index (χ2n) is 7.47. The lowest BCUT2D eigenvalue weighted by Gasteiger charge is -2.19. The molecule has 0 amide bonds. The van der Waals surface area contributed by atoms with Gasteiger partial charge in [0.15, 0.2) is 0 Å². The highest BCUT2D eigenvalue weighted by Crippen LogP contribution is 2.34. The molecule has 154 valence electrons. The number of rotatable bonds is 8. The third-order valence-electron chi connectivity index (χ3n) is 5.46. The topological polar surface area (TPSA) is 46.5 Å². The van der Waals surface area contributed by atoms with Gasteiger partial charge in [0.05, 0.1) is 5.92 Å². The monoisotopic (exact) mass is 408 g/mol. The van der Waals surface area contributed by atoms with Crippen LogP contribution in [-0.2, 0) is 11.2 Å². The third-order valence-corrected chi connectivity index (χ3v) is 5.46. The highest BCUT2D eigenvalue weighted by Gasteiger charge is 2.23. The molecule has 0 aliphatic heterocycles. The largest absolute Gasteiger partial charge is 0.481 e. The van der Waals surface area contributed by atoms with Crippen molar-refractivity contribution in [2.45, 2.75) is 18.8 Å². The van der Waals surface area contributed by atoms with Crippen molar-refractivity contribution in [2.75, 3.05) is 0 Å². The van der Waals surface area contributed by atoms with E-state index in [4.69, 9.17) is 4.74 Å². The van der Waals surface area contributed by atoms with Gasteiger partial charge in [-0.2, -0.15) is 0 Å². The summed E-state index contributed by atoms with van der Waals surface area (Å²) in [6, 6.07) is 29.6.